The van der Waals surface area contributed by atoms with E-state index in [4.69, 9.17) is 4.98 Å². The molecule has 0 atom stereocenters. The minimum Gasteiger partial charge on any atom is -0.342 e. The number of aryl methyl sites for hydroxylation is 2. The van der Waals surface area contributed by atoms with Crippen LogP contribution in [-0.4, -0.2) is 59.3 Å². The number of nitrogens with zero attached hydrogens (tertiary/aromatic N) is 7. The lowest BCUT2D eigenvalue weighted by atomic mass is 9.73. The Hall–Kier alpha value is -4.21. The van der Waals surface area contributed by atoms with E-state index in [2.05, 4.69) is 31.3 Å². The van der Waals surface area contributed by atoms with Gasteiger partial charge in [-0.15, -0.1) is 0 Å². The van der Waals surface area contributed by atoms with E-state index in [0.29, 0.717) is 54.4 Å². The Bertz CT molecular complexity index is 1580. The molecule has 0 radical (unpaired) electrons. The number of likely N-dealkylation sites (tertiary alicyclic amines) is 1. The zero-order valence-corrected chi connectivity index (χ0v) is 20.7. The summed E-state index contributed by atoms with van der Waals surface area (Å²) < 4.78 is 1.92. The fourth-order valence-electron chi connectivity index (χ4n) is 5.73. The molecule has 1 spiro atoms. The molecular weight excluding hydrogens is 468 g/mol. The summed E-state index contributed by atoms with van der Waals surface area (Å²) in [6.07, 6.45) is 8.28. The lowest BCUT2D eigenvalue weighted by Crippen LogP contribution is -2.48. The minimum atomic E-state index is -0.633. The van der Waals surface area contributed by atoms with Crippen molar-refractivity contribution in [2.24, 2.45) is 13.0 Å². The van der Waals surface area contributed by atoms with Gasteiger partial charge in [0.25, 0.3) is 0 Å². The molecule has 10 heteroatoms. The Morgan fingerprint density at radius 3 is 2.54 bits per heavy atom. The summed E-state index contributed by atoms with van der Waals surface area (Å²) >= 11 is 0. The van der Waals surface area contributed by atoms with Crippen LogP contribution in [0.1, 0.15) is 37.1 Å². The van der Waals surface area contributed by atoms with Gasteiger partial charge in [0, 0.05) is 49.7 Å². The average molecular weight is 495 g/mol. The highest BCUT2D eigenvalue weighted by Gasteiger charge is 2.50. The van der Waals surface area contributed by atoms with Crippen LogP contribution in [0.5, 0.6) is 0 Å². The maximum absolute atomic E-state index is 13.3. The van der Waals surface area contributed by atoms with E-state index in [1.807, 2.05) is 35.6 Å². The standard InChI is InChI=1S/C27H26N8O2/c1-15-28-12-18(13-29-15)23-33-22-21(30-14-31-24(22)34(23)2)17-5-6-20-19(11-17)27(26(37)32-20)7-9-35(10-8-27)25(36)16-3-4-16/h5-6,11-14,16H,3-4,7-10H2,1-2H3,(H,32,37). The number of carbonyl (C=O) groups is 2. The number of amides is 2. The molecule has 5 heterocycles. The molecule has 2 fully saturated rings. The molecule has 10 nitrogen and oxygen atoms in total. The van der Waals surface area contributed by atoms with Crippen LogP contribution in [-0.2, 0) is 22.1 Å². The summed E-state index contributed by atoms with van der Waals surface area (Å²) in [6.45, 7) is 3.05. The first-order valence-electron chi connectivity index (χ1n) is 12.7. The summed E-state index contributed by atoms with van der Waals surface area (Å²) in [5.74, 6) is 1.86. The van der Waals surface area contributed by atoms with Crippen LogP contribution in [0, 0.1) is 12.8 Å². The quantitative estimate of drug-likeness (QED) is 0.465. The molecule has 1 saturated heterocycles. The maximum atomic E-state index is 13.3. The molecule has 1 saturated carbocycles. The second kappa shape index (κ2) is 7.89. The van der Waals surface area contributed by atoms with E-state index in [0.717, 1.165) is 35.2 Å². The van der Waals surface area contributed by atoms with Gasteiger partial charge in [-0.3, -0.25) is 9.59 Å². The first-order valence-corrected chi connectivity index (χ1v) is 12.7. The minimum absolute atomic E-state index is 0.0190. The molecule has 4 aromatic rings. The van der Waals surface area contributed by atoms with Crippen molar-refractivity contribution < 1.29 is 9.59 Å². The SMILES string of the molecule is Cc1ncc(-c2nc3c(-c4ccc5c(c4)C4(CCN(C(=O)C6CC6)CC4)C(=O)N5)ncnc3n2C)cn1. The largest absolute Gasteiger partial charge is 0.342 e. The molecule has 1 N–H and O–H groups in total. The fourth-order valence-corrected chi connectivity index (χ4v) is 5.73. The lowest BCUT2D eigenvalue weighted by Gasteiger charge is -2.38. The number of piperidine rings is 1. The van der Waals surface area contributed by atoms with Gasteiger partial charge < -0.3 is 14.8 Å². The highest BCUT2D eigenvalue weighted by Crippen LogP contribution is 2.47. The second-order valence-electron chi connectivity index (χ2n) is 10.3. The molecule has 186 valence electrons. The van der Waals surface area contributed by atoms with Gasteiger partial charge in [-0.25, -0.2) is 24.9 Å². The number of aromatic nitrogens is 6. The normalized spacial score (nSPS) is 18.3. The third-order valence-electron chi connectivity index (χ3n) is 8.04. The third kappa shape index (κ3) is 3.35. The van der Waals surface area contributed by atoms with E-state index in [-0.39, 0.29) is 17.7 Å². The van der Waals surface area contributed by atoms with Gasteiger partial charge in [0.05, 0.1) is 11.0 Å². The number of imidazole rings is 1. The molecule has 1 aliphatic carbocycles. The first kappa shape index (κ1) is 22.0. The van der Waals surface area contributed by atoms with Crippen LogP contribution in [0.25, 0.3) is 33.8 Å². The number of benzene rings is 1. The highest BCUT2D eigenvalue weighted by molar-refractivity contribution is 6.07. The number of fused-ring (bicyclic) bond motifs is 3. The molecular formula is C27H26N8O2. The molecule has 1 aromatic carbocycles. The predicted octanol–water partition coefficient (Wildman–Crippen LogP) is 3.02. The average Bonchev–Trinajstić information content (AvgIpc) is 3.67. The summed E-state index contributed by atoms with van der Waals surface area (Å²) in [5.41, 5.74) is 4.94. The van der Waals surface area contributed by atoms with Gasteiger partial charge in [0.2, 0.25) is 11.8 Å². The number of hydrogen-bond acceptors (Lipinski definition) is 7. The molecule has 2 amide bonds. The van der Waals surface area contributed by atoms with Crippen molar-refractivity contribution in [3.63, 3.8) is 0 Å². The van der Waals surface area contributed by atoms with Gasteiger partial charge in [0.15, 0.2) is 5.65 Å². The van der Waals surface area contributed by atoms with Crippen molar-refractivity contribution in [1.29, 1.82) is 0 Å². The third-order valence-corrected chi connectivity index (χ3v) is 8.04. The summed E-state index contributed by atoms with van der Waals surface area (Å²) in [7, 11) is 1.91. The van der Waals surface area contributed by atoms with Crippen molar-refractivity contribution in [2.45, 2.75) is 38.0 Å². The maximum Gasteiger partial charge on any atom is 0.235 e. The molecule has 0 unspecified atom stereocenters. The monoisotopic (exact) mass is 494 g/mol. The van der Waals surface area contributed by atoms with Gasteiger partial charge >= 0.3 is 0 Å². The van der Waals surface area contributed by atoms with Crippen LogP contribution in [0.15, 0.2) is 36.9 Å². The van der Waals surface area contributed by atoms with Gasteiger partial charge in [-0.1, -0.05) is 6.07 Å². The number of hydrogen-bond donors (Lipinski definition) is 1. The zero-order valence-electron chi connectivity index (χ0n) is 20.7. The summed E-state index contributed by atoms with van der Waals surface area (Å²) in [4.78, 5) is 50.4. The Labute approximate surface area is 213 Å². The summed E-state index contributed by atoms with van der Waals surface area (Å²) in [5, 5.41) is 3.08. The van der Waals surface area contributed by atoms with Crippen molar-refractivity contribution in [1.82, 2.24) is 34.4 Å². The van der Waals surface area contributed by atoms with Gasteiger partial charge in [-0.05, 0) is 50.3 Å². The molecule has 3 aliphatic rings. The Morgan fingerprint density at radius 1 is 1.05 bits per heavy atom. The fraction of sp³-hybridized carbons (Fsp3) is 0.370. The smallest absolute Gasteiger partial charge is 0.235 e. The Kier molecular flexibility index (Phi) is 4.70. The lowest BCUT2D eigenvalue weighted by molar-refractivity contribution is -0.136. The topological polar surface area (TPSA) is 119 Å². The van der Waals surface area contributed by atoms with E-state index >= 15 is 0 Å². The highest BCUT2D eigenvalue weighted by atomic mass is 16.2. The Balaban J connectivity index is 1.28. The van der Waals surface area contributed by atoms with E-state index in [1.165, 1.54) is 0 Å². The van der Waals surface area contributed by atoms with Crippen molar-refractivity contribution in [3.8, 4) is 22.6 Å². The van der Waals surface area contributed by atoms with Crippen LogP contribution in [0.2, 0.25) is 0 Å². The Morgan fingerprint density at radius 2 is 1.81 bits per heavy atom. The number of anilines is 1. The second-order valence-corrected chi connectivity index (χ2v) is 10.3. The van der Waals surface area contributed by atoms with Crippen LogP contribution >= 0.6 is 0 Å². The molecule has 3 aromatic heterocycles. The predicted molar refractivity (Wildman–Crippen MR) is 136 cm³/mol. The van der Waals surface area contributed by atoms with Crippen LogP contribution in [0.3, 0.4) is 0 Å². The summed E-state index contributed by atoms with van der Waals surface area (Å²) in [6, 6.07) is 5.98. The zero-order chi connectivity index (χ0) is 25.3. The van der Waals surface area contributed by atoms with Crippen molar-refractivity contribution in [2.75, 3.05) is 18.4 Å². The molecule has 7 rings (SSSR count). The van der Waals surface area contributed by atoms with E-state index < -0.39 is 5.41 Å². The molecule has 37 heavy (non-hydrogen) atoms. The molecule has 2 aliphatic heterocycles. The van der Waals surface area contributed by atoms with Crippen molar-refractivity contribution in [3.05, 3.63) is 48.3 Å². The number of carbonyl (C=O) groups excluding carboxylic acids is 2. The van der Waals surface area contributed by atoms with Crippen LogP contribution < -0.4 is 5.32 Å². The van der Waals surface area contributed by atoms with Gasteiger partial charge in [-0.2, -0.15) is 0 Å². The number of nitrogens with one attached hydrogen (secondary N) is 1. The van der Waals surface area contributed by atoms with E-state index in [9.17, 15) is 9.59 Å². The van der Waals surface area contributed by atoms with Crippen molar-refractivity contribution >= 4 is 28.7 Å². The van der Waals surface area contributed by atoms with E-state index in [1.54, 1.807) is 18.7 Å². The molecule has 0 bridgehead atoms. The first-order chi connectivity index (χ1) is 17.9. The van der Waals surface area contributed by atoms with Crippen LogP contribution in [0.4, 0.5) is 5.69 Å². The number of rotatable bonds is 3. The van der Waals surface area contributed by atoms with Gasteiger partial charge in [0.1, 0.15) is 29.2 Å².